The van der Waals surface area contributed by atoms with Crippen molar-refractivity contribution in [3.63, 3.8) is 0 Å². The molecule has 0 saturated carbocycles. The van der Waals surface area contributed by atoms with Gasteiger partial charge in [-0.15, -0.1) is 0 Å². The Morgan fingerprint density at radius 3 is 2.59 bits per heavy atom. The first-order chi connectivity index (χ1) is 13.0. The molecule has 7 nitrogen and oxygen atoms in total. The van der Waals surface area contributed by atoms with Gasteiger partial charge in [-0.25, -0.2) is 4.39 Å². The van der Waals surface area contributed by atoms with E-state index in [0.29, 0.717) is 24.9 Å². The van der Waals surface area contributed by atoms with Gasteiger partial charge in [-0.1, -0.05) is 0 Å². The highest BCUT2D eigenvalue weighted by Gasteiger charge is 2.21. The predicted molar refractivity (Wildman–Crippen MR) is 105 cm³/mol. The molecule has 1 aromatic rings. The van der Waals surface area contributed by atoms with E-state index in [1.54, 1.807) is 26.2 Å². The fraction of sp³-hybridized carbons (Fsp3) is 0.579. The summed E-state index contributed by atoms with van der Waals surface area (Å²) in [5, 5.41) is 9.35. The third-order valence-electron chi connectivity index (χ3n) is 4.51. The second-order valence-electron chi connectivity index (χ2n) is 6.70. The molecule has 1 aliphatic heterocycles. The van der Waals surface area contributed by atoms with Crippen LogP contribution >= 0.6 is 0 Å². The number of nitrogens with one attached hydrogen (secondary N) is 3. The maximum atomic E-state index is 12.9. The number of halogens is 1. The maximum Gasteiger partial charge on any atom is 0.233 e. The number of rotatable bonds is 7. The number of likely N-dealkylation sites (tertiary alicyclic amines) is 1. The van der Waals surface area contributed by atoms with Gasteiger partial charge < -0.3 is 20.7 Å². The molecule has 0 radical (unpaired) electrons. The van der Waals surface area contributed by atoms with E-state index in [0.717, 1.165) is 31.9 Å². The summed E-state index contributed by atoms with van der Waals surface area (Å²) in [6.45, 7) is 4.74. The SMILES string of the molecule is CN=C(NCC(C)Oc1ccc(F)cc1)NC1CCN(CC(=O)NC)CC1. The zero-order chi connectivity index (χ0) is 19.6. The van der Waals surface area contributed by atoms with E-state index in [4.69, 9.17) is 4.74 Å². The number of benzene rings is 1. The summed E-state index contributed by atoms with van der Waals surface area (Å²) >= 11 is 0. The van der Waals surface area contributed by atoms with Crippen LogP contribution in [0, 0.1) is 5.82 Å². The van der Waals surface area contributed by atoms with Gasteiger partial charge in [0.25, 0.3) is 0 Å². The van der Waals surface area contributed by atoms with E-state index < -0.39 is 0 Å². The summed E-state index contributed by atoms with van der Waals surface area (Å²) in [6.07, 6.45) is 1.82. The first-order valence-electron chi connectivity index (χ1n) is 9.32. The average Bonchev–Trinajstić information content (AvgIpc) is 2.68. The number of nitrogens with zero attached hydrogens (tertiary/aromatic N) is 2. The molecule has 1 fully saturated rings. The number of carbonyl (C=O) groups is 1. The van der Waals surface area contributed by atoms with Gasteiger partial charge in [0.1, 0.15) is 17.7 Å². The molecule has 2 rings (SSSR count). The number of hydrogen-bond donors (Lipinski definition) is 3. The average molecular weight is 379 g/mol. The molecule has 1 aromatic carbocycles. The number of piperidine rings is 1. The van der Waals surface area contributed by atoms with Crippen molar-refractivity contribution in [2.75, 3.05) is 40.3 Å². The molecule has 1 unspecified atom stereocenters. The second-order valence-corrected chi connectivity index (χ2v) is 6.70. The van der Waals surface area contributed by atoms with Gasteiger partial charge in [0.05, 0.1) is 13.1 Å². The molecule has 0 bridgehead atoms. The quantitative estimate of drug-likeness (QED) is 0.486. The third-order valence-corrected chi connectivity index (χ3v) is 4.51. The van der Waals surface area contributed by atoms with Crippen molar-refractivity contribution in [3.05, 3.63) is 30.1 Å². The van der Waals surface area contributed by atoms with E-state index in [-0.39, 0.29) is 17.8 Å². The first kappa shape index (κ1) is 21.0. The molecule has 1 heterocycles. The lowest BCUT2D eigenvalue weighted by Gasteiger charge is -2.32. The topological polar surface area (TPSA) is 78.0 Å². The van der Waals surface area contributed by atoms with Gasteiger partial charge in [0.2, 0.25) is 5.91 Å². The van der Waals surface area contributed by atoms with Crippen LogP contribution in [0.5, 0.6) is 5.75 Å². The Balaban J connectivity index is 1.70. The molecule has 1 saturated heterocycles. The molecular weight excluding hydrogens is 349 g/mol. The lowest BCUT2D eigenvalue weighted by atomic mass is 10.1. The van der Waals surface area contributed by atoms with E-state index in [1.807, 2.05) is 6.92 Å². The number of ether oxygens (including phenoxy) is 1. The molecule has 150 valence electrons. The molecule has 0 spiro atoms. The lowest BCUT2D eigenvalue weighted by molar-refractivity contribution is -0.122. The predicted octanol–water partition coefficient (Wildman–Crippen LogP) is 0.968. The van der Waals surface area contributed by atoms with Crippen molar-refractivity contribution in [2.45, 2.75) is 31.9 Å². The summed E-state index contributed by atoms with van der Waals surface area (Å²) in [5.74, 6) is 1.14. The summed E-state index contributed by atoms with van der Waals surface area (Å²) in [4.78, 5) is 17.9. The van der Waals surface area contributed by atoms with Crippen LogP contribution in [0.2, 0.25) is 0 Å². The zero-order valence-corrected chi connectivity index (χ0v) is 16.3. The Bertz CT molecular complexity index is 615. The summed E-state index contributed by atoms with van der Waals surface area (Å²) < 4.78 is 18.7. The van der Waals surface area contributed by atoms with E-state index in [9.17, 15) is 9.18 Å². The van der Waals surface area contributed by atoms with Crippen molar-refractivity contribution in [2.24, 2.45) is 4.99 Å². The van der Waals surface area contributed by atoms with Crippen LogP contribution in [-0.4, -0.2) is 69.2 Å². The minimum absolute atomic E-state index is 0.0500. The van der Waals surface area contributed by atoms with E-state index in [2.05, 4.69) is 25.8 Å². The van der Waals surface area contributed by atoms with Crippen LogP contribution in [-0.2, 0) is 4.79 Å². The summed E-state index contributed by atoms with van der Waals surface area (Å²) in [7, 11) is 3.40. The molecule has 3 N–H and O–H groups in total. The normalized spacial score (nSPS) is 17.3. The largest absolute Gasteiger partial charge is 0.489 e. The zero-order valence-electron chi connectivity index (χ0n) is 16.3. The molecule has 8 heteroatoms. The number of likely N-dealkylation sites (N-methyl/N-ethyl adjacent to an activating group) is 1. The van der Waals surface area contributed by atoms with E-state index in [1.165, 1.54) is 12.1 Å². The molecule has 1 amide bonds. The van der Waals surface area contributed by atoms with Crippen LogP contribution in [0.15, 0.2) is 29.3 Å². The minimum Gasteiger partial charge on any atom is -0.489 e. The van der Waals surface area contributed by atoms with Gasteiger partial charge in [0.15, 0.2) is 5.96 Å². The number of guanidine groups is 1. The highest BCUT2D eigenvalue weighted by Crippen LogP contribution is 2.13. The van der Waals surface area contributed by atoms with Crippen molar-refractivity contribution >= 4 is 11.9 Å². The van der Waals surface area contributed by atoms with Gasteiger partial charge in [-0.2, -0.15) is 0 Å². The van der Waals surface area contributed by atoms with Crippen LogP contribution in [0.1, 0.15) is 19.8 Å². The maximum absolute atomic E-state index is 12.9. The Kier molecular flexibility index (Phi) is 8.32. The van der Waals surface area contributed by atoms with Crippen LogP contribution in [0.3, 0.4) is 0 Å². The molecule has 27 heavy (non-hydrogen) atoms. The molecule has 0 aliphatic carbocycles. The van der Waals surface area contributed by atoms with Crippen molar-refractivity contribution in [1.29, 1.82) is 0 Å². The second kappa shape index (κ2) is 10.7. The minimum atomic E-state index is -0.279. The number of amides is 1. The molecular formula is C19H30FN5O2. The van der Waals surface area contributed by atoms with Crippen LogP contribution in [0.25, 0.3) is 0 Å². The Morgan fingerprint density at radius 2 is 2.00 bits per heavy atom. The Morgan fingerprint density at radius 1 is 1.33 bits per heavy atom. The first-order valence-corrected chi connectivity index (χ1v) is 9.32. The van der Waals surface area contributed by atoms with Gasteiger partial charge >= 0.3 is 0 Å². The standard InChI is InChI=1S/C19H30FN5O2/c1-14(27-17-6-4-15(20)5-7-17)12-23-19(22-3)24-16-8-10-25(11-9-16)13-18(26)21-2/h4-7,14,16H,8-13H2,1-3H3,(H,21,26)(H2,22,23,24). The summed E-state index contributed by atoms with van der Waals surface area (Å²) in [6, 6.07) is 6.32. The highest BCUT2D eigenvalue weighted by molar-refractivity contribution is 5.80. The van der Waals surface area contributed by atoms with E-state index >= 15 is 0 Å². The molecule has 1 aliphatic rings. The highest BCUT2D eigenvalue weighted by atomic mass is 19.1. The fourth-order valence-corrected chi connectivity index (χ4v) is 2.93. The van der Waals surface area contributed by atoms with Gasteiger partial charge in [-0.3, -0.25) is 14.7 Å². The monoisotopic (exact) mass is 379 g/mol. The number of hydrogen-bond acceptors (Lipinski definition) is 4. The fourth-order valence-electron chi connectivity index (χ4n) is 2.93. The number of aliphatic imine (C=N–C) groups is 1. The van der Waals surface area contributed by atoms with Crippen molar-refractivity contribution in [3.8, 4) is 5.75 Å². The Hall–Kier alpha value is -2.35. The molecule has 1 atom stereocenters. The van der Waals surface area contributed by atoms with Crippen molar-refractivity contribution in [1.82, 2.24) is 20.9 Å². The van der Waals surface area contributed by atoms with Crippen LogP contribution in [0.4, 0.5) is 4.39 Å². The Labute approximate surface area is 160 Å². The molecule has 0 aromatic heterocycles. The van der Waals surface area contributed by atoms with Gasteiger partial charge in [-0.05, 0) is 44.0 Å². The number of carbonyl (C=O) groups excluding carboxylic acids is 1. The van der Waals surface area contributed by atoms with Crippen molar-refractivity contribution < 1.29 is 13.9 Å². The smallest absolute Gasteiger partial charge is 0.233 e. The van der Waals surface area contributed by atoms with Gasteiger partial charge in [0, 0.05) is 33.2 Å². The lowest BCUT2D eigenvalue weighted by Crippen LogP contribution is -2.51. The summed E-state index contributed by atoms with van der Waals surface area (Å²) in [5.41, 5.74) is 0. The third kappa shape index (κ3) is 7.42. The van der Waals surface area contributed by atoms with Crippen LogP contribution < -0.4 is 20.7 Å².